The van der Waals surface area contributed by atoms with Crippen LogP contribution in [0, 0.1) is 25.5 Å². The second kappa shape index (κ2) is 46.9. The van der Waals surface area contributed by atoms with Crippen molar-refractivity contribution in [2.24, 2.45) is 0 Å². The summed E-state index contributed by atoms with van der Waals surface area (Å²) in [5.74, 6) is -0.776. The van der Waals surface area contributed by atoms with Crippen LogP contribution in [0.5, 0.6) is 63.2 Å². The van der Waals surface area contributed by atoms with Gasteiger partial charge in [0.15, 0.2) is 11.5 Å². The van der Waals surface area contributed by atoms with Gasteiger partial charge in [-0.15, -0.1) is 0 Å². The first-order valence-corrected chi connectivity index (χ1v) is 45.9. The van der Waals surface area contributed by atoms with E-state index in [9.17, 15) is 56.7 Å². The Morgan fingerprint density at radius 3 is 0.830 bits per heavy atom. The van der Waals surface area contributed by atoms with Crippen molar-refractivity contribution in [1.29, 1.82) is 0 Å². The fourth-order valence-electron chi connectivity index (χ4n) is 16.5. The first-order chi connectivity index (χ1) is 66.9. The molecule has 21 nitrogen and oxygen atoms in total. The highest BCUT2D eigenvalue weighted by atomic mass is 19.1. The van der Waals surface area contributed by atoms with Gasteiger partial charge in [0.2, 0.25) is 0 Å². The Balaban J connectivity index is 0.000000168. The molecule has 0 aromatic heterocycles. The normalized spacial score (nSPS) is 12.2. The minimum absolute atomic E-state index is 0.118. The number of fused-ring (bicyclic) bond motifs is 5. The van der Waals surface area contributed by atoms with E-state index in [0.29, 0.717) is 113 Å². The molecule has 0 N–H and O–H groups in total. The minimum Gasteiger partial charge on any atom is -0.493 e. The zero-order valence-electron chi connectivity index (χ0n) is 81.9. The summed E-state index contributed by atoms with van der Waals surface area (Å²) in [4.78, 5) is 119. The van der Waals surface area contributed by atoms with E-state index < -0.39 is 71.3 Å². The molecular formula is C118H114F2O21. The molecule has 0 spiro atoms. The number of aryl methyl sites for hydroxylation is 2. The lowest BCUT2D eigenvalue weighted by molar-refractivity contribution is -0.131. The van der Waals surface area contributed by atoms with Gasteiger partial charge in [0.05, 0.1) is 7.11 Å². The molecular weight excluding hydrogens is 1790 g/mol. The molecule has 0 radical (unpaired) electrons. The predicted octanol–water partition coefficient (Wildman–Crippen LogP) is 24.9. The number of methoxy groups -OCH3 is 1. The zero-order valence-corrected chi connectivity index (χ0v) is 81.9. The van der Waals surface area contributed by atoms with Gasteiger partial charge < -0.3 is 52.1 Å². The first-order valence-electron chi connectivity index (χ1n) is 45.9. The third-order valence-electron chi connectivity index (χ3n) is 23.5. The Morgan fingerprint density at radius 1 is 0.227 bits per heavy atom. The number of benzene rings is 10. The van der Waals surface area contributed by atoms with Crippen LogP contribution in [-0.2, 0) is 112 Å². The third-order valence-corrected chi connectivity index (χ3v) is 23.5. The molecule has 0 saturated heterocycles. The van der Waals surface area contributed by atoms with E-state index in [1.807, 2.05) is 80.6 Å². The minimum atomic E-state index is -0.608. The topological polar surface area (TPSA) is 272 Å². The van der Waals surface area contributed by atoms with E-state index in [-0.39, 0.29) is 22.6 Å². The van der Waals surface area contributed by atoms with Gasteiger partial charge in [-0.05, 0) is 393 Å². The first kappa shape index (κ1) is 105. The average molecular weight is 1910 g/mol. The summed E-state index contributed by atoms with van der Waals surface area (Å²) in [6, 6.07) is 43.4. The lowest BCUT2D eigenvalue weighted by Crippen LogP contribution is -2.10. The molecule has 0 amide bonds. The number of halogens is 2. The van der Waals surface area contributed by atoms with E-state index in [0.717, 1.165) is 197 Å². The lowest BCUT2D eigenvalue weighted by Gasteiger charge is -2.16. The van der Waals surface area contributed by atoms with Gasteiger partial charge in [0.25, 0.3) is 0 Å². The van der Waals surface area contributed by atoms with Crippen molar-refractivity contribution in [3.8, 4) is 119 Å². The number of hydrogen-bond donors (Lipinski definition) is 0. The van der Waals surface area contributed by atoms with Crippen LogP contribution in [0.3, 0.4) is 0 Å². The fourth-order valence-corrected chi connectivity index (χ4v) is 16.5. The van der Waals surface area contributed by atoms with Crippen molar-refractivity contribution in [3.05, 3.63) is 352 Å². The molecule has 726 valence electrons. The molecule has 0 unspecified atom stereocenters. The van der Waals surface area contributed by atoms with E-state index in [1.54, 1.807) is 111 Å². The van der Waals surface area contributed by atoms with E-state index in [4.69, 9.17) is 52.1 Å². The summed E-state index contributed by atoms with van der Waals surface area (Å²) < 4.78 is 88.2. The Morgan fingerprint density at radius 2 is 0.489 bits per heavy atom. The molecule has 141 heavy (non-hydrogen) atoms. The summed E-state index contributed by atoms with van der Waals surface area (Å²) in [7, 11) is 1.52. The molecule has 0 saturated carbocycles. The quantitative estimate of drug-likeness (QED) is 0.0277. The number of carbonyl (C=O) groups excluding carboxylic acids is 10. The second-order valence-corrected chi connectivity index (χ2v) is 35.5. The highest BCUT2D eigenvalue weighted by Crippen LogP contribution is 2.47. The molecule has 0 atom stereocenters. The number of hydrogen-bond acceptors (Lipinski definition) is 21. The molecule has 10 aromatic carbocycles. The van der Waals surface area contributed by atoms with Crippen molar-refractivity contribution in [3.63, 3.8) is 0 Å². The Kier molecular flexibility index (Phi) is 35.0. The molecule has 23 heteroatoms. The van der Waals surface area contributed by atoms with Crippen LogP contribution in [0.4, 0.5) is 8.78 Å². The number of esters is 10. The summed E-state index contributed by atoms with van der Waals surface area (Å²) in [6.45, 7) is 56.0. The van der Waals surface area contributed by atoms with Gasteiger partial charge in [-0.1, -0.05) is 114 Å². The Bertz CT molecular complexity index is 6590. The third kappa shape index (κ3) is 26.5. The predicted molar refractivity (Wildman–Crippen MR) is 540 cm³/mol. The van der Waals surface area contributed by atoms with Crippen LogP contribution < -0.4 is 52.1 Å². The zero-order chi connectivity index (χ0) is 103. The van der Waals surface area contributed by atoms with Crippen molar-refractivity contribution in [2.75, 3.05) is 7.11 Å². The van der Waals surface area contributed by atoms with E-state index in [1.165, 1.54) is 49.4 Å². The molecule has 0 fully saturated rings. The van der Waals surface area contributed by atoms with E-state index in [2.05, 4.69) is 71.9 Å². The van der Waals surface area contributed by atoms with Crippen LogP contribution in [0.15, 0.2) is 273 Å². The van der Waals surface area contributed by atoms with Gasteiger partial charge >= 0.3 is 59.7 Å². The molecule has 5 aliphatic carbocycles. The van der Waals surface area contributed by atoms with Gasteiger partial charge in [-0.2, -0.15) is 0 Å². The van der Waals surface area contributed by atoms with Crippen molar-refractivity contribution >= 4 is 59.7 Å². The standard InChI is InChI=1S/C24H24O5.2C24H24O4.2C23H21FO4/c1-14(2)23(25)28-20-12-10-17(18-7-6-8-19(18)20)16-9-11-21(27-5)22(13-16)29-24(26)15(3)4;1-14(2)23(25)27-18-12-16(5)11-17(13-18)19-9-10-22(28-24(26)15(3)4)21-8-6-7-20(19)21;1-14(2)23(25)27-17-10-9-16(5)21(13-17)19-11-12-22(28-24(26)15(3)4)20-8-6-7-18(19)20;1-13(2)22(25)27-15-8-10-20(24)19(12-15)17-9-11-21(28-23(26)14(3)4)18-7-5-6-16(17)18;1-13(2)22(25)27-17-11-15(10-16(24)12-17)18-8-9-21(28-23(26)14(3)4)20-7-5-6-19(18)20/h9-13H,1,3,6-8H2,2,4-5H3;2*9-13H,1,3,6-8H2,2,4-5H3;2*8-12H,1,3,5-7H2,2,4H3. The molecule has 15 rings (SSSR count). The molecule has 0 aliphatic heterocycles. The number of rotatable bonds is 26. The summed E-state index contributed by atoms with van der Waals surface area (Å²) in [5.41, 5.74) is 24.3. The van der Waals surface area contributed by atoms with Crippen molar-refractivity contribution in [1.82, 2.24) is 0 Å². The van der Waals surface area contributed by atoms with Gasteiger partial charge in [-0.25, -0.2) is 56.7 Å². The molecule has 5 aliphatic rings. The van der Waals surface area contributed by atoms with Gasteiger partial charge in [0, 0.05) is 67.4 Å². The Labute approximate surface area is 820 Å². The lowest BCUT2D eigenvalue weighted by atomic mass is 9.93. The maximum absolute atomic E-state index is 14.6. The highest BCUT2D eigenvalue weighted by molar-refractivity contribution is 5.96. The smallest absolute Gasteiger partial charge is 0.338 e. The number of ether oxygens (including phenoxy) is 11. The largest absolute Gasteiger partial charge is 0.493 e. The number of carbonyl (C=O) groups is 10. The summed E-state index contributed by atoms with van der Waals surface area (Å²) in [6.07, 6.45) is 13.1. The maximum Gasteiger partial charge on any atom is 0.338 e. The van der Waals surface area contributed by atoms with Crippen LogP contribution in [-0.4, -0.2) is 66.8 Å². The maximum atomic E-state index is 14.6. The van der Waals surface area contributed by atoms with Crippen LogP contribution in [0.2, 0.25) is 0 Å². The second-order valence-electron chi connectivity index (χ2n) is 35.5. The van der Waals surface area contributed by atoms with Crippen LogP contribution in [0.25, 0.3) is 55.6 Å². The van der Waals surface area contributed by atoms with Crippen LogP contribution >= 0.6 is 0 Å². The summed E-state index contributed by atoms with van der Waals surface area (Å²) in [5, 5.41) is 0. The fraction of sp³-hybridized carbons (Fsp3) is 0.237. The monoisotopic (exact) mass is 1900 g/mol. The van der Waals surface area contributed by atoms with Gasteiger partial charge in [-0.3, -0.25) is 0 Å². The van der Waals surface area contributed by atoms with Crippen molar-refractivity contribution in [2.45, 2.75) is 179 Å². The van der Waals surface area contributed by atoms with Crippen molar-refractivity contribution < 1.29 is 109 Å². The molecule has 0 bridgehead atoms. The summed E-state index contributed by atoms with van der Waals surface area (Å²) >= 11 is 0. The average Bonchev–Trinajstić information content (AvgIpc) is 1.66. The molecule has 10 aromatic rings. The highest BCUT2D eigenvalue weighted by Gasteiger charge is 2.31. The van der Waals surface area contributed by atoms with E-state index >= 15 is 0 Å². The van der Waals surface area contributed by atoms with Gasteiger partial charge in [0.1, 0.15) is 63.4 Å². The SMILES string of the molecule is C=C(C)C(=O)Oc1cc(-c2ccc(OC(=O)C(=C)C)c3c2CCC3)ccc1OC.C=C(C)C(=O)Oc1cc(C)cc(-c2ccc(OC(=O)C(=C)C)c3c2CCC3)c1.C=C(C)C(=O)Oc1cc(F)cc(-c2ccc(OC(=O)C(=C)C)c3c2CCC3)c1.C=C(C)C(=O)Oc1ccc(C)c(-c2ccc(OC(=O)C(=C)C)c3c2CCC3)c1.C=C(C)C(=O)Oc1ccc(F)c(-c2ccc(OC(=O)C(=C)C)c3c2CCC3)c1. The molecule has 0 heterocycles. The van der Waals surface area contributed by atoms with Crippen LogP contribution in [0.1, 0.15) is 168 Å². The Hall–Kier alpha value is -16.0.